The number of benzene rings is 1. The van der Waals surface area contributed by atoms with Crippen molar-refractivity contribution >= 4 is 5.91 Å². The monoisotopic (exact) mass is 414 g/mol. The van der Waals surface area contributed by atoms with Gasteiger partial charge in [-0.15, -0.1) is 0 Å². The Labute approximate surface area is 157 Å². The van der Waals surface area contributed by atoms with Crippen LogP contribution in [0.5, 0.6) is 11.5 Å². The molecule has 11 heteroatoms. The van der Waals surface area contributed by atoms with E-state index in [4.69, 9.17) is 0 Å². The van der Waals surface area contributed by atoms with Crippen molar-refractivity contribution < 1.29 is 40.6 Å². The van der Waals surface area contributed by atoms with Crippen molar-refractivity contribution in [3.05, 3.63) is 23.8 Å². The molecule has 0 aliphatic carbocycles. The van der Waals surface area contributed by atoms with Crippen LogP contribution in [0.2, 0.25) is 0 Å². The minimum absolute atomic E-state index is 0.203. The molecule has 0 atom stereocenters. The average molecular weight is 414 g/mol. The number of alkyl halides is 6. The summed E-state index contributed by atoms with van der Waals surface area (Å²) < 4.78 is 83.3. The summed E-state index contributed by atoms with van der Waals surface area (Å²) in [6.07, 6.45) is -7.57. The quantitative estimate of drug-likeness (QED) is 0.673. The normalized spacial score (nSPS) is 15.9. The highest BCUT2D eigenvalue weighted by atomic mass is 19.4. The van der Waals surface area contributed by atoms with Gasteiger partial charge in [0.25, 0.3) is 5.91 Å². The van der Waals surface area contributed by atoms with Crippen LogP contribution in [0.25, 0.3) is 0 Å². The predicted octanol–water partition coefficient (Wildman–Crippen LogP) is 3.30. The third-order valence-corrected chi connectivity index (χ3v) is 4.00. The Hall–Kier alpha value is -2.17. The highest BCUT2D eigenvalue weighted by Crippen LogP contribution is 2.28. The zero-order valence-electron chi connectivity index (χ0n) is 14.8. The maximum absolute atomic E-state index is 12.4. The van der Waals surface area contributed by atoms with Crippen LogP contribution in [0.1, 0.15) is 23.2 Å². The van der Waals surface area contributed by atoms with Gasteiger partial charge in [0.2, 0.25) is 0 Å². The first kappa shape index (κ1) is 22.1. The molecule has 1 amide bonds. The third-order valence-electron chi connectivity index (χ3n) is 4.00. The fraction of sp³-hybridized carbons (Fsp3) is 0.588. The van der Waals surface area contributed by atoms with Crippen LogP contribution in [-0.4, -0.2) is 51.1 Å². The largest absolute Gasteiger partial charge is 0.484 e. The lowest BCUT2D eigenvalue weighted by Crippen LogP contribution is -2.36. The number of ether oxygens (including phenoxy) is 2. The van der Waals surface area contributed by atoms with Gasteiger partial charge in [0, 0.05) is 6.54 Å². The number of halogens is 6. The molecule has 1 fully saturated rings. The molecule has 0 unspecified atom stereocenters. The molecule has 0 spiro atoms. The van der Waals surface area contributed by atoms with E-state index in [0.29, 0.717) is 6.54 Å². The second kappa shape index (κ2) is 9.35. The van der Waals surface area contributed by atoms with Gasteiger partial charge in [0.05, 0.1) is 5.56 Å². The van der Waals surface area contributed by atoms with Gasteiger partial charge in [-0.05, 0) is 50.0 Å². The number of hydrogen-bond acceptors (Lipinski definition) is 4. The molecule has 1 aliphatic rings. The number of nitrogens with one attached hydrogen (secondary N) is 2. The van der Waals surface area contributed by atoms with Crippen molar-refractivity contribution in [2.24, 2.45) is 5.92 Å². The van der Waals surface area contributed by atoms with Gasteiger partial charge in [-0.3, -0.25) is 4.79 Å². The van der Waals surface area contributed by atoms with Crippen LogP contribution in [0, 0.1) is 5.92 Å². The topological polar surface area (TPSA) is 59.6 Å². The minimum Gasteiger partial charge on any atom is -0.484 e. The van der Waals surface area contributed by atoms with E-state index >= 15 is 0 Å². The second-order valence-electron chi connectivity index (χ2n) is 6.37. The highest BCUT2D eigenvalue weighted by molar-refractivity contribution is 5.97. The Morgan fingerprint density at radius 1 is 1.04 bits per heavy atom. The van der Waals surface area contributed by atoms with Crippen LogP contribution >= 0.6 is 0 Å². The molecule has 5 nitrogen and oxygen atoms in total. The second-order valence-corrected chi connectivity index (χ2v) is 6.37. The van der Waals surface area contributed by atoms with Crippen molar-refractivity contribution in [2.75, 3.05) is 32.8 Å². The molecule has 0 aromatic heterocycles. The summed E-state index contributed by atoms with van der Waals surface area (Å²) in [6, 6.07) is 2.94. The molecular weight excluding hydrogens is 394 g/mol. The number of hydrogen-bond donors (Lipinski definition) is 2. The molecule has 1 aromatic rings. The highest BCUT2D eigenvalue weighted by Gasteiger charge is 2.30. The summed E-state index contributed by atoms with van der Waals surface area (Å²) in [6.45, 7) is -1.34. The van der Waals surface area contributed by atoms with Crippen molar-refractivity contribution in [3.63, 3.8) is 0 Å². The molecular formula is C17H20F6N2O3. The number of piperidine rings is 1. The Kier molecular flexibility index (Phi) is 7.39. The standard InChI is InChI=1S/C17H20F6N2O3/c18-16(19,20)9-27-12-1-2-14(28-10-17(21,22)23)13(7-12)15(26)25-8-11-3-5-24-6-4-11/h1-2,7,11,24H,3-6,8-10H2,(H,25,26). The number of carbonyl (C=O) groups excluding carboxylic acids is 1. The molecule has 1 aliphatic heterocycles. The summed E-state index contributed by atoms with van der Waals surface area (Å²) in [7, 11) is 0. The van der Waals surface area contributed by atoms with Gasteiger partial charge >= 0.3 is 12.4 Å². The van der Waals surface area contributed by atoms with E-state index < -0.39 is 31.5 Å². The van der Waals surface area contributed by atoms with Gasteiger partial charge < -0.3 is 20.1 Å². The van der Waals surface area contributed by atoms with E-state index in [-0.39, 0.29) is 23.0 Å². The SMILES string of the molecule is O=C(NCC1CCNCC1)c1cc(OCC(F)(F)F)ccc1OCC(F)(F)F. The lowest BCUT2D eigenvalue weighted by Gasteiger charge is -2.23. The van der Waals surface area contributed by atoms with Gasteiger partial charge in [-0.1, -0.05) is 0 Å². The van der Waals surface area contributed by atoms with Crippen molar-refractivity contribution in [1.29, 1.82) is 0 Å². The van der Waals surface area contributed by atoms with Gasteiger partial charge in [-0.25, -0.2) is 0 Å². The summed E-state index contributed by atoms with van der Waals surface area (Å²) >= 11 is 0. The van der Waals surface area contributed by atoms with E-state index in [9.17, 15) is 31.1 Å². The first-order valence-corrected chi connectivity index (χ1v) is 8.55. The lowest BCUT2D eigenvalue weighted by atomic mass is 9.98. The Bertz CT molecular complexity index is 657. The number of rotatable bonds is 7. The first-order chi connectivity index (χ1) is 13.0. The molecule has 2 N–H and O–H groups in total. The molecule has 158 valence electrons. The molecule has 28 heavy (non-hydrogen) atoms. The van der Waals surface area contributed by atoms with Crippen molar-refractivity contribution in [1.82, 2.24) is 10.6 Å². The summed E-state index contributed by atoms with van der Waals surface area (Å²) in [5.41, 5.74) is -0.321. The maximum Gasteiger partial charge on any atom is 0.422 e. The van der Waals surface area contributed by atoms with Gasteiger partial charge in [-0.2, -0.15) is 26.3 Å². The molecule has 0 saturated carbocycles. The summed E-state index contributed by atoms with van der Waals surface area (Å²) in [4.78, 5) is 12.4. The minimum atomic E-state index is -4.63. The average Bonchev–Trinajstić information content (AvgIpc) is 2.62. The fourth-order valence-electron chi connectivity index (χ4n) is 2.65. The van der Waals surface area contributed by atoms with E-state index in [2.05, 4.69) is 20.1 Å². The molecule has 1 saturated heterocycles. The van der Waals surface area contributed by atoms with Crippen LogP contribution < -0.4 is 20.1 Å². The fourth-order valence-corrected chi connectivity index (χ4v) is 2.65. The van der Waals surface area contributed by atoms with Gasteiger partial charge in [0.1, 0.15) is 11.5 Å². The van der Waals surface area contributed by atoms with Crippen LogP contribution in [0.4, 0.5) is 26.3 Å². The molecule has 1 heterocycles. The number of amides is 1. The zero-order valence-corrected chi connectivity index (χ0v) is 14.8. The molecule has 0 radical (unpaired) electrons. The van der Waals surface area contributed by atoms with Crippen LogP contribution in [0.15, 0.2) is 18.2 Å². The summed E-state index contributed by atoms with van der Waals surface area (Å²) in [5, 5.41) is 5.76. The van der Waals surface area contributed by atoms with E-state index in [0.717, 1.165) is 44.1 Å². The Morgan fingerprint density at radius 3 is 2.25 bits per heavy atom. The first-order valence-electron chi connectivity index (χ1n) is 8.55. The third kappa shape index (κ3) is 7.83. The van der Waals surface area contributed by atoms with Crippen LogP contribution in [-0.2, 0) is 0 Å². The van der Waals surface area contributed by atoms with E-state index in [1.165, 1.54) is 0 Å². The van der Waals surface area contributed by atoms with E-state index in [1.807, 2.05) is 0 Å². The van der Waals surface area contributed by atoms with Crippen molar-refractivity contribution in [3.8, 4) is 11.5 Å². The lowest BCUT2D eigenvalue weighted by molar-refractivity contribution is -0.154. The number of carbonyl (C=O) groups is 1. The molecule has 2 rings (SSSR count). The van der Waals surface area contributed by atoms with Crippen molar-refractivity contribution in [2.45, 2.75) is 25.2 Å². The van der Waals surface area contributed by atoms with Crippen LogP contribution in [0.3, 0.4) is 0 Å². The predicted molar refractivity (Wildman–Crippen MR) is 87.5 cm³/mol. The Morgan fingerprint density at radius 2 is 1.64 bits per heavy atom. The van der Waals surface area contributed by atoms with Gasteiger partial charge in [0.15, 0.2) is 13.2 Å². The molecule has 1 aromatic carbocycles. The Balaban J connectivity index is 2.11. The maximum atomic E-state index is 12.4. The zero-order chi connectivity index (χ0) is 20.8. The summed E-state index contributed by atoms with van der Waals surface area (Å²) in [5.74, 6) is -1.23. The molecule has 0 bridgehead atoms. The van der Waals surface area contributed by atoms with E-state index in [1.54, 1.807) is 0 Å². The smallest absolute Gasteiger partial charge is 0.422 e.